The second kappa shape index (κ2) is 6.33. The van der Waals surface area contributed by atoms with E-state index in [2.05, 4.69) is 10.3 Å². The van der Waals surface area contributed by atoms with Crippen LogP contribution in [0.4, 0.5) is 11.5 Å². The molecule has 0 spiro atoms. The molecule has 0 bridgehead atoms. The summed E-state index contributed by atoms with van der Waals surface area (Å²) in [4.78, 5) is 26.3. The minimum Gasteiger partial charge on any atom is -0.394 e. The average Bonchev–Trinajstić information content (AvgIpc) is 2.38. The van der Waals surface area contributed by atoms with Crippen LogP contribution < -0.4 is 22.3 Å². The first-order chi connectivity index (χ1) is 8.86. The molecule has 0 aliphatic carbocycles. The molecular weight excluding hydrogens is 260 g/mol. The lowest BCUT2D eigenvalue weighted by Gasteiger charge is -2.22. The van der Waals surface area contributed by atoms with Crippen LogP contribution in [0.15, 0.2) is 9.59 Å². The van der Waals surface area contributed by atoms with Gasteiger partial charge in [0.15, 0.2) is 0 Å². The SMILES string of the molecule is Nc1c(NC[C@@H](O)[C@@H](O)[C@H](O)CO)[nH]c(=O)[nH]c1=O. The molecule has 0 aliphatic rings. The third-order valence-electron chi connectivity index (χ3n) is 2.44. The fraction of sp³-hybridized carbons (Fsp3) is 0.556. The predicted molar refractivity (Wildman–Crippen MR) is 65.7 cm³/mol. The number of nitrogen functional groups attached to an aromatic ring is 1. The number of nitrogens with two attached hydrogens (primary N) is 1. The molecule has 0 fully saturated rings. The molecule has 1 aromatic rings. The Balaban J connectivity index is 2.72. The van der Waals surface area contributed by atoms with E-state index < -0.39 is 36.2 Å². The summed E-state index contributed by atoms with van der Waals surface area (Å²) >= 11 is 0. The smallest absolute Gasteiger partial charge is 0.327 e. The molecule has 0 aromatic carbocycles. The van der Waals surface area contributed by atoms with E-state index in [-0.39, 0.29) is 18.1 Å². The molecule has 10 nitrogen and oxygen atoms in total. The lowest BCUT2D eigenvalue weighted by Crippen LogP contribution is -2.43. The highest BCUT2D eigenvalue weighted by molar-refractivity contribution is 5.58. The van der Waals surface area contributed by atoms with E-state index in [1.165, 1.54) is 0 Å². The number of H-pyrrole nitrogens is 2. The first kappa shape index (κ1) is 15.2. The molecule has 1 aromatic heterocycles. The summed E-state index contributed by atoms with van der Waals surface area (Å²) < 4.78 is 0. The molecule has 9 N–H and O–H groups in total. The Morgan fingerprint density at radius 2 is 1.79 bits per heavy atom. The zero-order valence-electron chi connectivity index (χ0n) is 9.83. The van der Waals surface area contributed by atoms with Crippen molar-refractivity contribution >= 4 is 11.5 Å². The standard InChI is InChI=1S/C9H16N4O6/c10-5-7(12-9(19)13-8(5)18)11-1-3(15)6(17)4(16)2-14/h3-4,6,14-17H,1-2,10H2,(H3,11,12,13,18,19)/t3-,4-,6-/m1/s1. The first-order valence-electron chi connectivity index (χ1n) is 5.37. The molecule has 0 amide bonds. The number of aliphatic hydroxyl groups excluding tert-OH is 4. The second-order valence-electron chi connectivity index (χ2n) is 3.89. The number of rotatable bonds is 6. The molecule has 19 heavy (non-hydrogen) atoms. The average molecular weight is 276 g/mol. The summed E-state index contributed by atoms with van der Waals surface area (Å²) in [6.07, 6.45) is -4.54. The van der Waals surface area contributed by atoms with E-state index in [0.717, 1.165) is 0 Å². The van der Waals surface area contributed by atoms with Crippen LogP contribution in [-0.4, -0.2) is 61.9 Å². The maximum atomic E-state index is 11.2. The fourth-order valence-electron chi connectivity index (χ4n) is 1.33. The molecule has 0 saturated carbocycles. The van der Waals surface area contributed by atoms with Gasteiger partial charge in [0.1, 0.15) is 23.7 Å². The molecule has 10 heteroatoms. The molecule has 1 rings (SSSR count). The predicted octanol–water partition coefficient (Wildman–Crippen LogP) is -3.87. The van der Waals surface area contributed by atoms with Crippen LogP contribution in [0.5, 0.6) is 0 Å². The van der Waals surface area contributed by atoms with Crippen molar-refractivity contribution in [3.05, 3.63) is 20.8 Å². The maximum Gasteiger partial charge on any atom is 0.327 e. The van der Waals surface area contributed by atoms with Crippen molar-refractivity contribution in [3.63, 3.8) is 0 Å². The van der Waals surface area contributed by atoms with Crippen molar-refractivity contribution in [1.82, 2.24) is 9.97 Å². The summed E-state index contributed by atoms with van der Waals surface area (Å²) in [6.45, 7) is -1.02. The number of aromatic amines is 2. The summed E-state index contributed by atoms with van der Waals surface area (Å²) in [5, 5.41) is 39.0. The Bertz CT molecular complexity index is 526. The number of hydrogen-bond donors (Lipinski definition) is 8. The molecule has 0 aliphatic heterocycles. The van der Waals surface area contributed by atoms with Gasteiger partial charge in [-0.15, -0.1) is 0 Å². The van der Waals surface area contributed by atoms with Crippen LogP contribution in [0.2, 0.25) is 0 Å². The lowest BCUT2D eigenvalue weighted by atomic mass is 10.1. The number of hydrogen-bond acceptors (Lipinski definition) is 8. The third-order valence-corrected chi connectivity index (χ3v) is 2.44. The lowest BCUT2D eigenvalue weighted by molar-refractivity contribution is -0.0715. The van der Waals surface area contributed by atoms with Crippen molar-refractivity contribution in [3.8, 4) is 0 Å². The third kappa shape index (κ3) is 3.79. The second-order valence-corrected chi connectivity index (χ2v) is 3.89. The zero-order valence-corrected chi connectivity index (χ0v) is 9.83. The quantitative estimate of drug-likeness (QED) is 0.259. The molecule has 0 saturated heterocycles. The molecule has 108 valence electrons. The molecule has 0 unspecified atom stereocenters. The molecule has 3 atom stereocenters. The van der Waals surface area contributed by atoms with Gasteiger partial charge in [0.05, 0.1) is 12.7 Å². The van der Waals surface area contributed by atoms with Crippen molar-refractivity contribution in [2.75, 3.05) is 24.2 Å². The van der Waals surface area contributed by atoms with E-state index in [1.807, 2.05) is 4.98 Å². The Morgan fingerprint density at radius 1 is 1.16 bits per heavy atom. The number of aliphatic hydroxyl groups is 4. The van der Waals surface area contributed by atoms with Gasteiger partial charge in [-0.05, 0) is 0 Å². The van der Waals surface area contributed by atoms with Crippen LogP contribution >= 0.6 is 0 Å². The van der Waals surface area contributed by atoms with E-state index in [9.17, 15) is 19.8 Å². The Morgan fingerprint density at radius 3 is 2.37 bits per heavy atom. The van der Waals surface area contributed by atoms with Crippen LogP contribution in [0.3, 0.4) is 0 Å². The highest BCUT2D eigenvalue weighted by Crippen LogP contribution is 2.07. The van der Waals surface area contributed by atoms with E-state index >= 15 is 0 Å². The van der Waals surface area contributed by atoms with Crippen molar-refractivity contribution in [1.29, 1.82) is 0 Å². The number of aromatic nitrogens is 2. The Labute approximate surface area is 106 Å². The summed E-state index contributed by atoms with van der Waals surface area (Å²) in [6, 6.07) is 0. The van der Waals surface area contributed by atoms with Crippen molar-refractivity contribution in [2.24, 2.45) is 0 Å². The minimum atomic E-state index is -1.59. The van der Waals surface area contributed by atoms with Gasteiger partial charge >= 0.3 is 5.69 Å². The van der Waals surface area contributed by atoms with E-state index in [1.54, 1.807) is 0 Å². The number of nitrogens with one attached hydrogen (secondary N) is 3. The van der Waals surface area contributed by atoms with Gasteiger partial charge in [-0.3, -0.25) is 14.8 Å². The first-order valence-corrected chi connectivity index (χ1v) is 5.37. The molecule has 1 heterocycles. The fourth-order valence-corrected chi connectivity index (χ4v) is 1.33. The van der Waals surface area contributed by atoms with Gasteiger partial charge in [-0.2, -0.15) is 0 Å². The normalized spacial score (nSPS) is 15.8. The summed E-state index contributed by atoms with van der Waals surface area (Å²) in [5.74, 6) is -0.113. The minimum absolute atomic E-state index is 0.113. The van der Waals surface area contributed by atoms with Gasteiger partial charge in [0.2, 0.25) is 0 Å². The largest absolute Gasteiger partial charge is 0.394 e. The molecular formula is C9H16N4O6. The van der Waals surface area contributed by atoms with Gasteiger partial charge in [-0.1, -0.05) is 0 Å². The number of anilines is 2. The topological polar surface area (TPSA) is 185 Å². The van der Waals surface area contributed by atoms with Crippen molar-refractivity contribution < 1.29 is 20.4 Å². The van der Waals surface area contributed by atoms with Crippen LogP contribution in [0.1, 0.15) is 0 Å². The molecule has 0 radical (unpaired) electrons. The maximum absolute atomic E-state index is 11.2. The zero-order chi connectivity index (χ0) is 14.6. The van der Waals surface area contributed by atoms with Crippen molar-refractivity contribution in [2.45, 2.75) is 18.3 Å². The monoisotopic (exact) mass is 276 g/mol. The van der Waals surface area contributed by atoms with Crippen LogP contribution in [0.25, 0.3) is 0 Å². The highest BCUT2D eigenvalue weighted by atomic mass is 16.4. The highest BCUT2D eigenvalue weighted by Gasteiger charge is 2.24. The Kier molecular flexibility index (Phi) is 5.06. The van der Waals surface area contributed by atoms with Gasteiger partial charge < -0.3 is 31.5 Å². The van der Waals surface area contributed by atoms with Gasteiger partial charge in [-0.25, -0.2) is 4.79 Å². The summed E-state index contributed by atoms with van der Waals surface area (Å²) in [7, 11) is 0. The van der Waals surface area contributed by atoms with E-state index in [0.29, 0.717) is 0 Å². The Hall–Kier alpha value is -1.88. The summed E-state index contributed by atoms with van der Waals surface area (Å²) in [5.41, 5.74) is 3.52. The van der Waals surface area contributed by atoms with Crippen LogP contribution in [-0.2, 0) is 0 Å². The van der Waals surface area contributed by atoms with Crippen LogP contribution in [0, 0.1) is 0 Å². The van der Waals surface area contributed by atoms with Gasteiger partial charge in [0, 0.05) is 6.54 Å². The van der Waals surface area contributed by atoms with Gasteiger partial charge in [0.25, 0.3) is 5.56 Å². The van der Waals surface area contributed by atoms with E-state index in [4.69, 9.17) is 15.9 Å².